The summed E-state index contributed by atoms with van der Waals surface area (Å²) in [6.45, 7) is 6.49. The molecule has 1 unspecified atom stereocenters. The standard InChI is InChI=1S/C20H33O2P/c1-4-7-10-18(11-8-5-2)17-19-12-14-20(15-13-19)23(21,22)16-9-6-3/h12-15,17H,4-11,16H2,1-3H3,(H,21,22). The molecule has 23 heavy (non-hydrogen) atoms. The molecule has 0 bridgehead atoms. The largest absolute Gasteiger partial charge is 0.341 e. The molecule has 0 saturated carbocycles. The lowest BCUT2D eigenvalue weighted by molar-refractivity contribution is 0.487. The van der Waals surface area contributed by atoms with E-state index in [2.05, 4.69) is 19.9 Å². The molecule has 0 spiro atoms. The molecule has 0 aliphatic heterocycles. The van der Waals surface area contributed by atoms with Crippen molar-refractivity contribution in [2.24, 2.45) is 0 Å². The molecule has 0 saturated heterocycles. The molecule has 1 aromatic carbocycles. The first kappa shape index (κ1) is 20.2. The van der Waals surface area contributed by atoms with Gasteiger partial charge in [-0.2, -0.15) is 0 Å². The zero-order valence-electron chi connectivity index (χ0n) is 15.1. The van der Waals surface area contributed by atoms with Crippen molar-refractivity contribution >= 4 is 18.7 Å². The molecule has 1 rings (SSSR count). The normalized spacial score (nSPS) is 13.6. The Morgan fingerprint density at radius 2 is 1.48 bits per heavy atom. The van der Waals surface area contributed by atoms with Crippen LogP contribution in [-0.4, -0.2) is 11.1 Å². The van der Waals surface area contributed by atoms with E-state index in [9.17, 15) is 9.46 Å². The zero-order chi connectivity index (χ0) is 17.1. The zero-order valence-corrected chi connectivity index (χ0v) is 15.9. The minimum absolute atomic E-state index is 0.386. The van der Waals surface area contributed by atoms with E-state index < -0.39 is 7.37 Å². The van der Waals surface area contributed by atoms with Crippen LogP contribution in [0.2, 0.25) is 0 Å². The van der Waals surface area contributed by atoms with E-state index in [1.807, 2.05) is 31.2 Å². The molecule has 0 heterocycles. The van der Waals surface area contributed by atoms with Gasteiger partial charge in [-0.3, -0.25) is 4.57 Å². The molecular weight excluding hydrogens is 303 g/mol. The van der Waals surface area contributed by atoms with E-state index in [0.717, 1.165) is 31.2 Å². The fraction of sp³-hybridized carbons (Fsp3) is 0.600. The van der Waals surface area contributed by atoms with Crippen molar-refractivity contribution in [1.29, 1.82) is 0 Å². The van der Waals surface area contributed by atoms with E-state index in [-0.39, 0.29) is 0 Å². The summed E-state index contributed by atoms with van der Waals surface area (Å²) >= 11 is 0. The van der Waals surface area contributed by atoms with Gasteiger partial charge in [0.25, 0.3) is 0 Å². The van der Waals surface area contributed by atoms with Crippen molar-refractivity contribution in [1.82, 2.24) is 0 Å². The Hall–Kier alpha value is -0.850. The number of hydrogen-bond donors (Lipinski definition) is 1. The van der Waals surface area contributed by atoms with Gasteiger partial charge < -0.3 is 4.89 Å². The van der Waals surface area contributed by atoms with Gasteiger partial charge in [-0.1, -0.05) is 63.8 Å². The second-order valence-corrected chi connectivity index (χ2v) is 8.75. The summed E-state index contributed by atoms with van der Waals surface area (Å²) in [5, 5.41) is 0.590. The highest BCUT2D eigenvalue weighted by Crippen LogP contribution is 2.40. The fourth-order valence-corrected chi connectivity index (χ4v) is 4.24. The van der Waals surface area contributed by atoms with E-state index in [1.165, 1.54) is 31.3 Å². The van der Waals surface area contributed by atoms with Gasteiger partial charge in [0.1, 0.15) is 0 Å². The highest BCUT2D eigenvalue weighted by atomic mass is 31.2. The van der Waals surface area contributed by atoms with E-state index >= 15 is 0 Å². The molecule has 0 aliphatic rings. The number of rotatable bonds is 11. The lowest BCUT2D eigenvalue weighted by Gasteiger charge is -2.12. The third-order valence-electron chi connectivity index (χ3n) is 4.18. The molecule has 0 aliphatic carbocycles. The SMILES string of the molecule is CCCCC(=Cc1ccc(P(=O)(O)CCCC)cc1)CCCC. The Kier molecular flexibility index (Phi) is 9.52. The van der Waals surface area contributed by atoms with Gasteiger partial charge in [0, 0.05) is 11.5 Å². The van der Waals surface area contributed by atoms with E-state index in [4.69, 9.17) is 0 Å². The third kappa shape index (κ3) is 7.50. The molecule has 0 aromatic heterocycles. The van der Waals surface area contributed by atoms with Crippen LogP contribution in [0.1, 0.15) is 77.7 Å². The molecule has 2 nitrogen and oxygen atoms in total. The minimum atomic E-state index is -3.17. The molecule has 0 radical (unpaired) electrons. The number of allylic oxidation sites excluding steroid dienone is 1. The molecular formula is C20H33O2P. The Morgan fingerprint density at radius 3 is 1.96 bits per heavy atom. The van der Waals surface area contributed by atoms with Crippen LogP contribution in [0.5, 0.6) is 0 Å². The van der Waals surface area contributed by atoms with Crippen LogP contribution in [0.4, 0.5) is 0 Å². The maximum Gasteiger partial charge on any atom is 0.229 e. The second-order valence-electron chi connectivity index (χ2n) is 6.38. The highest BCUT2D eigenvalue weighted by molar-refractivity contribution is 7.66. The molecule has 1 N–H and O–H groups in total. The van der Waals surface area contributed by atoms with Crippen LogP contribution in [-0.2, 0) is 4.57 Å². The first-order valence-electron chi connectivity index (χ1n) is 9.15. The molecule has 0 fully saturated rings. The van der Waals surface area contributed by atoms with Crippen LogP contribution in [0.15, 0.2) is 29.8 Å². The van der Waals surface area contributed by atoms with E-state index in [0.29, 0.717) is 11.5 Å². The van der Waals surface area contributed by atoms with Gasteiger partial charge in [0.2, 0.25) is 7.37 Å². The summed E-state index contributed by atoms with van der Waals surface area (Å²) in [7, 11) is -3.17. The van der Waals surface area contributed by atoms with Gasteiger partial charge in [0.15, 0.2) is 0 Å². The van der Waals surface area contributed by atoms with E-state index in [1.54, 1.807) is 0 Å². The van der Waals surface area contributed by atoms with Crippen molar-refractivity contribution in [2.75, 3.05) is 6.16 Å². The van der Waals surface area contributed by atoms with Gasteiger partial charge in [0.05, 0.1) is 0 Å². The van der Waals surface area contributed by atoms with Crippen LogP contribution < -0.4 is 5.30 Å². The summed E-state index contributed by atoms with van der Waals surface area (Å²) in [4.78, 5) is 10.2. The van der Waals surface area contributed by atoms with Gasteiger partial charge >= 0.3 is 0 Å². The lowest BCUT2D eigenvalue weighted by atomic mass is 10.00. The Morgan fingerprint density at radius 1 is 0.957 bits per heavy atom. The maximum atomic E-state index is 12.3. The minimum Gasteiger partial charge on any atom is -0.341 e. The Bertz CT molecular complexity index is 507. The van der Waals surface area contributed by atoms with Crippen molar-refractivity contribution in [3.63, 3.8) is 0 Å². The van der Waals surface area contributed by atoms with Crippen LogP contribution in [0.25, 0.3) is 6.08 Å². The summed E-state index contributed by atoms with van der Waals surface area (Å²) in [5.74, 6) is 0. The first-order valence-corrected chi connectivity index (χ1v) is 11.0. The molecule has 130 valence electrons. The van der Waals surface area contributed by atoms with Gasteiger partial charge in [-0.05, 0) is 49.8 Å². The average Bonchev–Trinajstić information content (AvgIpc) is 2.56. The fourth-order valence-electron chi connectivity index (χ4n) is 2.62. The average molecular weight is 336 g/mol. The van der Waals surface area contributed by atoms with Crippen molar-refractivity contribution in [3.8, 4) is 0 Å². The molecule has 0 amide bonds. The first-order chi connectivity index (χ1) is 11.0. The van der Waals surface area contributed by atoms with Gasteiger partial charge in [-0.15, -0.1) is 0 Å². The van der Waals surface area contributed by atoms with Crippen LogP contribution in [0.3, 0.4) is 0 Å². The second kappa shape index (κ2) is 10.8. The maximum absolute atomic E-state index is 12.3. The molecule has 3 heteroatoms. The Balaban J connectivity index is 2.83. The lowest BCUT2D eigenvalue weighted by Crippen LogP contribution is -2.07. The number of hydrogen-bond acceptors (Lipinski definition) is 1. The summed E-state index contributed by atoms with van der Waals surface area (Å²) < 4.78 is 12.3. The van der Waals surface area contributed by atoms with Crippen molar-refractivity contribution < 1.29 is 9.46 Å². The van der Waals surface area contributed by atoms with Gasteiger partial charge in [-0.25, -0.2) is 0 Å². The quantitative estimate of drug-likeness (QED) is 0.492. The predicted octanol–water partition coefficient (Wildman–Crippen LogP) is 6.15. The Labute approximate surface area is 142 Å². The summed E-state index contributed by atoms with van der Waals surface area (Å²) in [6, 6.07) is 7.64. The molecule has 1 atom stereocenters. The predicted molar refractivity (Wildman–Crippen MR) is 103 cm³/mol. The number of unbranched alkanes of at least 4 members (excludes halogenated alkanes) is 3. The smallest absolute Gasteiger partial charge is 0.229 e. The van der Waals surface area contributed by atoms with Crippen molar-refractivity contribution in [2.45, 2.75) is 72.1 Å². The monoisotopic (exact) mass is 336 g/mol. The number of benzene rings is 1. The molecule has 1 aromatic rings. The summed E-state index contributed by atoms with van der Waals surface area (Å²) in [6.07, 6.45) is 11.6. The van der Waals surface area contributed by atoms with Crippen LogP contribution in [0, 0.1) is 0 Å². The summed E-state index contributed by atoms with van der Waals surface area (Å²) in [5.41, 5.74) is 2.64. The highest BCUT2D eigenvalue weighted by Gasteiger charge is 2.19. The van der Waals surface area contributed by atoms with Crippen LogP contribution >= 0.6 is 7.37 Å². The topological polar surface area (TPSA) is 37.3 Å². The van der Waals surface area contributed by atoms with Crippen molar-refractivity contribution in [3.05, 3.63) is 35.4 Å². The third-order valence-corrected chi connectivity index (χ3v) is 6.21.